The Morgan fingerprint density at radius 2 is 0.720 bits per heavy atom. The van der Waals surface area contributed by atoms with Crippen LogP contribution in [0.3, 0.4) is 0 Å². The number of carbonyl (C=O) groups is 19. The van der Waals surface area contributed by atoms with Crippen molar-refractivity contribution in [1.29, 1.82) is 0 Å². The summed E-state index contributed by atoms with van der Waals surface area (Å²) in [5, 5.41) is 91.6. The molecule has 0 radical (unpaired) electrons. The van der Waals surface area contributed by atoms with E-state index in [4.69, 9.17) is 45.9 Å². The molecule has 0 aliphatic carbocycles. The van der Waals surface area contributed by atoms with E-state index in [-0.39, 0.29) is 157 Å². The Morgan fingerprint density at radius 1 is 0.367 bits per heavy atom. The number of nitrogens with one attached hydrogen (secondary N) is 9. The number of hydrogen-bond donors (Lipinski definition) is 24. The van der Waals surface area contributed by atoms with Gasteiger partial charge in [0.1, 0.15) is 30.0 Å². The Hall–Kier alpha value is -12.5. The van der Waals surface area contributed by atoms with Crippen molar-refractivity contribution in [2.75, 3.05) is 39.9 Å². The summed E-state index contributed by atoms with van der Waals surface area (Å²) in [6, 6.07) is -2.10. The van der Waals surface area contributed by atoms with Crippen LogP contribution >= 0.6 is 0 Å². The fraction of sp³-hybridized carbons (Fsp3) is 0.699. The van der Waals surface area contributed by atoms with Crippen molar-refractivity contribution in [3.63, 3.8) is 0 Å². The third kappa shape index (κ3) is 59.2. The number of aliphatic hydroxyl groups is 5. The molecule has 0 saturated carbocycles. The molecule has 18 atom stereocenters. The molecule has 32 N–H and O–H groups in total. The first-order chi connectivity index (χ1) is 70.8. The molecule has 150 heavy (non-hydrogen) atoms. The lowest BCUT2D eigenvalue weighted by molar-refractivity contribution is -0.140. The van der Waals surface area contributed by atoms with Crippen molar-refractivity contribution in [3.8, 4) is 0 Å². The number of Topliss-reactive ketones (excluding diaryl/α,β-unsaturated/α-hetero) is 8. The number of guanidine groups is 3. The van der Waals surface area contributed by atoms with Crippen molar-refractivity contribution in [2.24, 2.45) is 114 Å². The lowest BCUT2D eigenvalue weighted by atomic mass is 9.88. The van der Waals surface area contributed by atoms with Crippen LogP contribution < -0.4 is 88.4 Å². The van der Waals surface area contributed by atoms with Crippen molar-refractivity contribution in [3.05, 3.63) is 54.1 Å². The Balaban J connectivity index is 0.00000150. The van der Waals surface area contributed by atoms with Gasteiger partial charge in [-0.05, 0) is 136 Å². The number of likely N-dealkylation sites (N-methyl/N-ethyl adjacent to an activating group) is 1. The topological polar surface area (TPSA) is 836 Å². The number of benzene rings is 1. The van der Waals surface area contributed by atoms with Gasteiger partial charge in [0.05, 0.1) is 73.9 Å². The first-order valence-electron chi connectivity index (χ1n) is 52.2. The molecule has 2 rings (SSSR count). The average Bonchev–Trinajstić information content (AvgIpc) is 0.974. The fourth-order valence-corrected chi connectivity index (χ4v) is 17.1. The van der Waals surface area contributed by atoms with Gasteiger partial charge in [0.25, 0.3) is 0 Å². The van der Waals surface area contributed by atoms with Gasteiger partial charge in [-0.1, -0.05) is 142 Å². The number of nitrogens with zero attached hydrogens (tertiary/aromatic N) is 4. The van der Waals surface area contributed by atoms with Gasteiger partial charge in [-0.15, -0.1) is 0 Å². The molecule has 0 aliphatic heterocycles. The Morgan fingerprint density at radius 3 is 1.12 bits per heavy atom. The molecule has 1 heterocycles. The van der Waals surface area contributed by atoms with E-state index in [1.807, 2.05) is 27.7 Å². The molecule has 846 valence electrons. The second-order valence-electron chi connectivity index (χ2n) is 39.7. The SMILES string of the molecule is CCCCCCCCCCCCCCCC(=O)N[C@@H](CC(C)C)C(=O)C[C@@H](CCC(=O)O)C(=O)N[C@@H](CCCN=C(N)N)C(=O)C[C@@H](Cc1cnc[nH]1)C(=O)N[C@@H](CCCN=C(N)N)C(=O)C[C@@H](CCC(N)=O)C(C)=O.CN[C@H](C(=O)C[C@@H](CCCN=C(N)N)C(=O)N[C@@H](CO)C(=O)C[C@@H](CO)C(=O)N[C@H](C(=O)C[C@@H](CCC(=O)O)C(=O)N[C@H](C(=O)C[C@@H](Cc1ccccc1)C(=O)N[C@@H](CC(C)C)C(N)=O)[C@@H](C)O)[C@@H](C)O)[C@@H](C)O. The van der Waals surface area contributed by atoms with Crippen LogP contribution in [0.5, 0.6) is 0 Å². The van der Waals surface area contributed by atoms with E-state index in [2.05, 4.69) is 74.4 Å². The molecule has 1 aromatic carbocycles. The van der Waals surface area contributed by atoms with E-state index in [1.54, 1.807) is 30.3 Å². The standard InChI is InChI=1S/C54H94N12O10.C49H79N9O16/c1-5-6-7-8-9-10-11-12-13-14-15-16-17-22-49(72)64-44(29-36(2)3)47(70)32-39(24-26-50(73)74)51(75)65-43(21-19-28-62-54(58)59)46(69)33-40(30-41-34-60-35-63-41)52(76)66-42(20-18-27-61-53(56)57)45(68)31-38(37(4)67)23-25-48(55)71;1-25(2)17-34(44(50)70)55-47(73)32(18-29-11-8-7-9-12-29)21-39(67)43(28(5)63)57-46(72)31(14-15-40(68)69)20-38(66)42(27(4)62)58-48(74)33(23-59)22-36(64)35(24-60)56-45(71)30(13-10-16-54-49(51)52)19-37(65)41(53-6)26(3)61/h34-36,38-40,42-44H,5-33H2,1-4H3,(H2,55,71)(H,60,63)(H,64,72)(H,65,75)(H,66,76)(H,73,74)(H4,56,57,61)(H4,58,59,62);7-9,11-12,25-28,30-35,41-43,53,59-63H,10,13-24H2,1-6H3,(H2,50,70)(H,55,73)(H,56,71)(H,57,72)(H,58,74)(H,68,69)(H4,51,52,54)/t38-,39-,40-,42+,43+,44+;26-,27-,28-,30-,31-,32-,33+,34+,35+,41+,42+,43+/m11/s1. The molecule has 47 nitrogen and oxygen atoms in total. The largest absolute Gasteiger partial charge is 0.481 e. The summed E-state index contributed by atoms with van der Waals surface area (Å²) in [7, 11) is 1.44. The highest BCUT2D eigenvalue weighted by Gasteiger charge is 2.41. The summed E-state index contributed by atoms with van der Waals surface area (Å²) < 4.78 is 0. The Bertz CT molecular complexity index is 4620. The molecule has 9 amide bonds. The molecule has 2 aromatic rings. The van der Waals surface area contributed by atoms with Gasteiger partial charge in [0, 0.05) is 138 Å². The van der Waals surface area contributed by atoms with Crippen molar-refractivity contribution in [2.45, 2.75) is 367 Å². The number of carboxylic acid groups (broad SMARTS) is 2. The number of primary amides is 2. The number of unbranched alkanes of at least 4 members (excludes halogenated alkanes) is 12. The maximum Gasteiger partial charge on any atom is 0.303 e. The number of carbonyl (C=O) groups excluding carboxylic acids is 17. The first-order valence-corrected chi connectivity index (χ1v) is 52.2. The van der Waals surface area contributed by atoms with Gasteiger partial charge in [0.15, 0.2) is 58.4 Å². The number of aromatic amines is 1. The van der Waals surface area contributed by atoms with Gasteiger partial charge in [-0.25, -0.2) is 4.98 Å². The van der Waals surface area contributed by atoms with Gasteiger partial charge < -0.3 is 129 Å². The van der Waals surface area contributed by atoms with Crippen LogP contribution in [0.15, 0.2) is 57.8 Å². The lowest BCUT2D eigenvalue weighted by Gasteiger charge is -2.27. The number of imidazole rings is 1. The number of aromatic nitrogens is 2. The third-order valence-corrected chi connectivity index (χ3v) is 25.5. The number of amides is 9. The van der Waals surface area contributed by atoms with E-state index in [1.165, 1.54) is 98.1 Å². The molecule has 1 aromatic heterocycles. The smallest absolute Gasteiger partial charge is 0.303 e. The zero-order valence-corrected chi connectivity index (χ0v) is 89.1. The summed E-state index contributed by atoms with van der Waals surface area (Å²) in [6.45, 7) is 12.9. The van der Waals surface area contributed by atoms with Crippen molar-refractivity contribution < 1.29 is 127 Å². The van der Waals surface area contributed by atoms with E-state index < -0.39 is 279 Å². The number of aliphatic carboxylic acids is 2. The maximum absolute atomic E-state index is 14.5. The van der Waals surface area contributed by atoms with E-state index in [0.717, 1.165) is 26.2 Å². The van der Waals surface area contributed by atoms with Gasteiger partial charge in [0.2, 0.25) is 53.2 Å². The van der Waals surface area contributed by atoms with Crippen LogP contribution in [0.4, 0.5) is 0 Å². The molecule has 0 fully saturated rings. The van der Waals surface area contributed by atoms with Crippen molar-refractivity contribution >= 4 is 129 Å². The number of aliphatic hydroxyl groups excluding tert-OH is 5. The van der Waals surface area contributed by atoms with E-state index in [9.17, 15) is 127 Å². The minimum Gasteiger partial charge on any atom is -0.481 e. The summed E-state index contributed by atoms with van der Waals surface area (Å²) in [4.78, 5) is 272. The minimum atomic E-state index is -1.83. The molecule has 47 heteroatoms. The highest BCUT2D eigenvalue weighted by molar-refractivity contribution is 6.01. The van der Waals surface area contributed by atoms with Gasteiger partial charge in [-0.3, -0.25) is 106 Å². The molecular formula is C103H173N21O26. The monoisotopic (exact) mass is 2120 g/mol. The molecule has 0 aliphatic rings. The molecular weight excluding hydrogens is 1950 g/mol. The quantitative estimate of drug-likeness (QED) is 0.0251. The Kier molecular flexibility index (Phi) is 68.8. The molecule has 0 spiro atoms. The van der Waals surface area contributed by atoms with Crippen molar-refractivity contribution in [1.82, 2.24) is 52.5 Å². The van der Waals surface area contributed by atoms with E-state index >= 15 is 0 Å². The highest BCUT2D eigenvalue weighted by Crippen LogP contribution is 2.27. The number of carboxylic acids is 2. The highest BCUT2D eigenvalue weighted by atomic mass is 16.4. The number of hydrogen-bond acceptors (Lipinski definition) is 29. The van der Waals surface area contributed by atoms with Gasteiger partial charge in [-0.2, -0.15) is 0 Å². The third-order valence-electron chi connectivity index (χ3n) is 25.5. The number of H-pyrrole nitrogens is 1. The van der Waals surface area contributed by atoms with Crippen LogP contribution in [0.2, 0.25) is 0 Å². The maximum atomic E-state index is 14.5. The molecule has 0 saturated heterocycles. The predicted octanol–water partition coefficient (Wildman–Crippen LogP) is 1.12. The zero-order valence-electron chi connectivity index (χ0n) is 89.1. The summed E-state index contributed by atoms with van der Waals surface area (Å²) in [5.74, 6) is -24.1. The van der Waals surface area contributed by atoms with Crippen LogP contribution in [0, 0.1) is 53.3 Å². The number of aliphatic imine (C=N–C) groups is 3. The van der Waals surface area contributed by atoms with Crippen LogP contribution in [-0.4, -0.2) is 282 Å². The summed E-state index contributed by atoms with van der Waals surface area (Å²) >= 11 is 0. The normalized spacial score (nSPS) is 14.9. The van der Waals surface area contributed by atoms with Gasteiger partial charge >= 0.3 is 11.9 Å². The second-order valence-corrected chi connectivity index (χ2v) is 39.7. The predicted molar refractivity (Wildman–Crippen MR) is 561 cm³/mol. The number of ketones is 8. The second kappa shape index (κ2) is 76.1. The minimum absolute atomic E-state index is 0.00461. The fourth-order valence-electron chi connectivity index (χ4n) is 17.1. The number of rotatable bonds is 85. The van der Waals surface area contributed by atoms with Crippen LogP contribution in [0.25, 0.3) is 0 Å². The number of nitrogens with two attached hydrogens (primary N) is 8. The van der Waals surface area contributed by atoms with Crippen LogP contribution in [-0.2, 0) is 104 Å². The van der Waals surface area contributed by atoms with Crippen LogP contribution in [0.1, 0.15) is 298 Å². The average molecular weight is 2120 g/mol. The molecule has 0 unspecified atom stereocenters. The lowest BCUT2D eigenvalue weighted by Crippen LogP contribution is -2.53. The zero-order chi connectivity index (χ0) is 113. The first kappa shape index (κ1) is 136. The summed E-state index contributed by atoms with van der Waals surface area (Å²) in [6.07, 6.45) is 9.01. The summed E-state index contributed by atoms with van der Waals surface area (Å²) in [5.41, 5.74) is 44.8. The Labute approximate surface area is 879 Å². The van der Waals surface area contributed by atoms with E-state index in [0.29, 0.717) is 17.7 Å². The molecule has 0 bridgehead atoms.